The van der Waals surface area contributed by atoms with E-state index in [1.807, 2.05) is 0 Å². The molecule has 1 aliphatic carbocycles. The first-order chi connectivity index (χ1) is 14.2. The molecule has 1 saturated carbocycles. The monoisotopic (exact) mass is 437 g/mol. The van der Waals surface area contributed by atoms with Crippen LogP contribution in [0.4, 0.5) is 0 Å². The lowest BCUT2D eigenvalue weighted by Crippen LogP contribution is -2.46. The molecule has 0 bridgehead atoms. The quantitative estimate of drug-likeness (QED) is 0.469. The highest BCUT2D eigenvalue weighted by Crippen LogP contribution is 2.28. The number of piperidine rings is 1. The van der Waals surface area contributed by atoms with E-state index in [2.05, 4.69) is 58.4 Å². The highest BCUT2D eigenvalue weighted by atomic mass is 32.2. The van der Waals surface area contributed by atoms with Crippen molar-refractivity contribution < 1.29 is 0 Å². The lowest BCUT2D eigenvalue weighted by Gasteiger charge is -2.32. The van der Waals surface area contributed by atoms with Crippen molar-refractivity contribution in [2.45, 2.75) is 77.1 Å². The molecule has 1 saturated heterocycles. The van der Waals surface area contributed by atoms with Crippen LogP contribution < -0.4 is 10.6 Å². The van der Waals surface area contributed by atoms with Gasteiger partial charge in [0, 0.05) is 36.3 Å². The summed E-state index contributed by atoms with van der Waals surface area (Å²) in [7, 11) is 0. The van der Waals surface area contributed by atoms with Gasteiger partial charge in [-0.1, -0.05) is 13.3 Å². The van der Waals surface area contributed by atoms with Crippen molar-refractivity contribution in [2.75, 3.05) is 31.9 Å². The van der Waals surface area contributed by atoms with Crippen molar-refractivity contribution in [1.29, 1.82) is 0 Å². The SMILES string of the molecule is CCNC(=NCC1CCN(Cc2csc(C)n2)CC1)NC1CCCC(SCC)C1. The van der Waals surface area contributed by atoms with Gasteiger partial charge < -0.3 is 10.6 Å². The summed E-state index contributed by atoms with van der Waals surface area (Å²) in [6.07, 6.45) is 7.75. The molecule has 0 spiro atoms. The minimum absolute atomic E-state index is 0.578. The topological polar surface area (TPSA) is 52.6 Å². The van der Waals surface area contributed by atoms with Crippen LogP contribution in [0, 0.1) is 12.8 Å². The van der Waals surface area contributed by atoms with Crippen molar-refractivity contribution in [1.82, 2.24) is 20.5 Å². The standard InChI is InChI=1S/C22H39N5S2/c1-4-23-22(26-19-7-6-8-21(13-19)28-5-2)24-14-18-9-11-27(12-10-18)15-20-16-29-17(3)25-20/h16,18-19,21H,4-15H2,1-3H3,(H2,23,24,26). The first-order valence-corrected chi connectivity index (χ1v) is 13.4. The number of hydrogen-bond acceptors (Lipinski definition) is 5. The number of likely N-dealkylation sites (tertiary alicyclic amines) is 1. The minimum Gasteiger partial charge on any atom is -0.357 e. The van der Waals surface area contributed by atoms with Crippen LogP contribution in [0.15, 0.2) is 10.4 Å². The zero-order valence-corrected chi connectivity index (χ0v) is 20.1. The maximum Gasteiger partial charge on any atom is 0.191 e. The Morgan fingerprint density at radius 1 is 1.28 bits per heavy atom. The molecule has 5 nitrogen and oxygen atoms in total. The number of thioether (sulfide) groups is 1. The lowest BCUT2D eigenvalue weighted by molar-refractivity contribution is 0.179. The van der Waals surface area contributed by atoms with Crippen LogP contribution in [0.25, 0.3) is 0 Å². The third kappa shape index (κ3) is 7.76. The third-order valence-corrected chi connectivity index (χ3v) is 8.04. The van der Waals surface area contributed by atoms with E-state index in [9.17, 15) is 0 Å². The number of nitrogens with zero attached hydrogens (tertiary/aromatic N) is 3. The molecule has 0 amide bonds. The molecule has 2 N–H and O–H groups in total. The average Bonchev–Trinajstić information content (AvgIpc) is 3.13. The minimum atomic E-state index is 0.578. The van der Waals surface area contributed by atoms with Crippen LogP contribution in [-0.4, -0.2) is 59.1 Å². The Kier molecular flexibility index (Phi) is 9.59. The molecule has 1 aromatic heterocycles. The molecule has 164 valence electrons. The number of aliphatic imine (C=N–C) groups is 1. The van der Waals surface area contributed by atoms with Crippen LogP contribution >= 0.6 is 23.1 Å². The second kappa shape index (κ2) is 12.2. The summed E-state index contributed by atoms with van der Waals surface area (Å²) in [5, 5.41) is 11.4. The molecule has 3 rings (SSSR count). The van der Waals surface area contributed by atoms with Gasteiger partial charge in [-0.3, -0.25) is 9.89 Å². The summed E-state index contributed by atoms with van der Waals surface area (Å²) < 4.78 is 0. The molecule has 2 atom stereocenters. The molecule has 1 aromatic rings. The number of aryl methyl sites for hydroxylation is 1. The molecule has 2 fully saturated rings. The van der Waals surface area contributed by atoms with Crippen LogP contribution in [0.2, 0.25) is 0 Å². The van der Waals surface area contributed by atoms with Gasteiger partial charge in [0.05, 0.1) is 10.7 Å². The molecule has 1 aliphatic heterocycles. The van der Waals surface area contributed by atoms with Crippen molar-refractivity contribution >= 4 is 29.1 Å². The van der Waals surface area contributed by atoms with Gasteiger partial charge in [0.1, 0.15) is 0 Å². The summed E-state index contributed by atoms with van der Waals surface area (Å²) in [6, 6.07) is 0.578. The summed E-state index contributed by atoms with van der Waals surface area (Å²) in [4.78, 5) is 12.1. The molecule has 2 unspecified atom stereocenters. The second-order valence-electron chi connectivity index (χ2n) is 8.38. The average molecular weight is 438 g/mol. The van der Waals surface area contributed by atoms with Crippen LogP contribution in [0.3, 0.4) is 0 Å². The Balaban J connectivity index is 1.43. The van der Waals surface area contributed by atoms with Gasteiger partial charge in [-0.05, 0) is 70.7 Å². The molecular weight excluding hydrogens is 398 g/mol. The van der Waals surface area contributed by atoms with E-state index in [1.165, 1.54) is 68.1 Å². The predicted molar refractivity (Wildman–Crippen MR) is 128 cm³/mol. The van der Waals surface area contributed by atoms with Crippen LogP contribution in [-0.2, 0) is 6.54 Å². The number of rotatable bonds is 8. The molecule has 0 aromatic carbocycles. The normalized spacial score (nSPS) is 24.6. The van der Waals surface area contributed by atoms with E-state index in [4.69, 9.17) is 4.99 Å². The van der Waals surface area contributed by atoms with Gasteiger partial charge in [-0.15, -0.1) is 11.3 Å². The third-order valence-electron chi connectivity index (χ3n) is 5.98. The molecule has 2 aliphatic rings. The first-order valence-electron chi connectivity index (χ1n) is 11.5. The number of thiazole rings is 1. The fourth-order valence-corrected chi connectivity index (χ4v) is 6.21. The summed E-state index contributed by atoms with van der Waals surface area (Å²) in [5.41, 5.74) is 1.23. The van der Waals surface area contributed by atoms with Gasteiger partial charge in [-0.25, -0.2) is 4.98 Å². The molecule has 2 heterocycles. The Bertz CT molecular complexity index is 622. The zero-order chi connectivity index (χ0) is 20.5. The van der Waals surface area contributed by atoms with E-state index in [0.717, 1.165) is 30.8 Å². The van der Waals surface area contributed by atoms with E-state index < -0.39 is 0 Å². The van der Waals surface area contributed by atoms with Gasteiger partial charge >= 0.3 is 0 Å². The first kappa shape index (κ1) is 22.9. The lowest BCUT2D eigenvalue weighted by atomic mass is 9.95. The Morgan fingerprint density at radius 2 is 2.10 bits per heavy atom. The summed E-state index contributed by atoms with van der Waals surface area (Å²) in [6.45, 7) is 11.7. The summed E-state index contributed by atoms with van der Waals surface area (Å²) >= 11 is 3.88. The van der Waals surface area contributed by atoms with Crippen molar-refractivity contribution in [3.8, 4) is 0 Å². The van der Waals surface area contributed by atoms with E-state index in [0.29, 0.717) is 12.0 Å². The van der Waals surface area contributed by atoms with Gasteiger partial charge in [0.25, 0.3) is 0 Å². The molecular formula is C22H39N5S2. The van der Waals surface area contributed by atoms with Gasteiger partial charge in [0.15, 0.2) is 5.96 Å². The largest absolute Gasteiger partial charge is 0.357 e. The van der Waals surface area contributed by atoms with Crippen LogP contribution in [0.5, 0.6) is 0 Å². The van der Waals surface area contributed by atoms with Crippen LogP contribution in [0.1, 0.15) is 63.1 Å². The van der Waals surface area contributed by atoms with Crippen molar-refractivity contribution in [2.24, 2.45) is 10.9 Å². The van der Waals surface area contributed by atoms with E-state index in [1.54, 1.807) is 11.3 Å². The van der Waals surface area contributed by atoms with Crippen molar-refractivity contribution in [3.63, 3.8) is 0 Å². The zero-order valence-electron chi connectivity index (χ0n) is 18.5. The smallest absolute Gasteiger partial charge is 0.191 e. The Morgan fingerprint density at radius 3 is 2.79 bits per heavy atom. The molecule has 29 heavy (non-hydrogen) atoms. The predicted octanol–water partition coefficient (Wildman–Crippen LogP) is 4.28. The molecule has 0 radical (unpaired) electrons. The van der Waals surface area contributed by atoms with Gasteiger partial charge in [-0.2, -0.15) is 11.8 Å². The Hall–Kier alpha value is -0.790. The number of aromatic nitrogens is 1. The maximum absolute atomic E-state index is 4.97. The highest BCUT2D eigenvalue weighted by molar-refractivity contribution is 7.99. The molecule has 7 heteroatoms. The van der Waals surface area contributed by atoms with E-state index in [-0.39, 0.29) is 0 Å². The summed E-state index contributed by atoms with van der Waals surface area (Å²) in [5.74, 6) is 2.96. The number of hydrogen-bond donors (Lipinski definition) is 2. The fraction of sp³-hybridized carbons (Fsp3) is 0.818. The Labute approximate surface area is 185 Å². The fourth-order valence-electron chi connectivity index (χ4n) is 4.43. The number of nitrogens with one attached hydrogen (secondary N) is 2. The maximum atomic E-state index is 4.97. The van der Waals surface area contributed by atoms with Crippen molar-refractivity contribution in [3.05, 3.63) is 16.1 Å². The van der Waals surface area contributed by atoms with Gasteiger partial charge in [0.2, 0.25) is 0 Å². The highest BCUT2D eigenvalue weighted by Gasteiger charge is 2.23. The second-order valence-corrected chi connectivity index (χ2v) is 11.0. The van der Waals surface area contributed by atoms with E-state index >= 15 is 0 Å². The number of guanidine groups is 1.